The van der Waals surface area contributed by atoms with Crippen LogP contribution in [0.3, 0.4) is 0 Å². The Balaban J connectivity index is 1.49. The number of hydrogen-bond donors (Lipinski definition) is 1. The number of nitrogens with one attached hydrogen (secondary N) is 1. The number of rotatable bonds is 7. The molecule has 1 N–H and O–H groups in total. The van der Waals surface area contributed by atoms with Gasteiger partial charge in [-0.1, -0.05) is 58.2 Å². The number of benzene rings is 2. The van der Waals surface area contributed by atoms with Gasteiger partial charge in [-0.2, -0.15) is 5.10 Å². The zero-order chi connectivity index (χ0) is 23.5. The van der Waals surface area contributed by atoms with Crippen LogP contribution in [0.1, 0.15) is 32.9 Å². The van der Waals surface area contributed by atoms with Gasteiger partial charge in [0.1, 0.15) is 23.1 Å². The Labute approximate surface area is 205 Å². The molecule has 0 bridgehead atoms. The lowest BCUT2D eigenvalue weighted by Gasteiger charge is -2.08. The first-order valence-electron chi connectivity index (χ1n) is 9.93. The zero-order valence-corrected chi connectivity index (χ0v) is 20.0. The van der Waals surface area contributed by atoms with E-state index in [2.05, 4.69) is 15.6 Å². The number of carbonyl (C=O) groups excluding carboxylic acids is 1. The number of aromatic nitrogens is 3. The van der Waals surface area contributed by atoms with Crippen LogP contribution in [0.15, 0.2) is 53.2 Å². The molecule has 0 fully saturated rings. The molecule has 0 atom stereocenters. The number of hydrogen-bond acceptors (Lipinski definition) is 5. The average Bonchev–Trinajstić information content (AvgIpc) is 3.31. The fourth-order valence-electron chi connectivity index (χ4n) is 3.18. The minimum absolute atomic E-state index is 0.0971. The summed E-state index contributed by atoms with van der Waals surface area (Å²) in [4.78, 5) is 12.9. The maximum absolute atomic E-state index is 12.9. The minimum Gasteiger partial charge on any atom is -0.489 e. The normalized spacial score (nSPS) is 10.9. The van der Waals surface area contributed by atoms with E-state index in [1.807, 2.05) is 31.2 Å². The number of nitrogens with zero attached hydrogens (tertiary/aromatic N) is 3. The molecule has 33 heavy (non-hydrogen) atoms. The van der Waals surface area contributed by atoms with E-state index in [1.54, 1.807) is 36.0 Å². The summed E-state index contributed by atoms with van der Waals surface area (Å²) in [6.07, 6.45) is 1.58. The van der Waals surface area contributed by atoms with Crippen molar-refractivity contribution in [3.63, 3.8) is 0 Å². The van der Waals surface area contributed by atoms with Gasteiger partial charge >= 0.3 is 0 Å². The SMILES string of the molecule is Cc1cccc(OCc2c(C(=O)Nc3nn(Cc4c(Cl)cccc4Cl)cc3Cl)noc2C)c1. The van der Waals surface area contributed by atoms with Crippen LogP contribution in [0.2, 0.25) is 15.1 Å². The van der Waals surface area contributed by atoms with E-state index in [9.17, 15) is 4.79 Å². The molecule has 0 aliphatic rings. The Morgan fingerprint density at radius 2 is 1.79 bits per heavy atom. The van der Waals surface area contributed by atoms with Crippen molar-refractivity contribution in [2.45, 2.75) is 27.0 Å². The molecule has 7 nitrogen and oxygen atoms in total. The summed E-state index contributed by atoms with van der Waals surface area (Å²) < 4.78 is 12.6. The lowest BCUT2D eigenvalue weighted by atomic mass is 10.2. The third kappa shape index (κ3) is 5.33. The first kappa shape index (κ1) is 23.2. The van der Waals surface area contributed by atoms with Gasteiger partial charge < -0.3 is 14.6 Å². The summed E-state index contributed by atoms with van der Waals surface area (Å²) in [6.45, 7) is 4.09. The summed E-state index contributed by atoms with van der Waals surface area (Å²) in [5.74, 6) is 0.827. The van der Waals surface area contributed by atoms with Crippen molar-refractivity contribution in [1.82, 2.24) is 14.9 Å². The molecule has 2 heterocycles. The third-order valence-corrected chi connectivity index (χ3v) is 5.89. The van der Waals surface area contributed by atoms with Crippen LogP contribution in [0.4, 0.5) is 5.82 Å². The van der Waals surface area contributed by atoms with Crippen molar-refractivity contribution >= 4 is 46.5 Å². The highest BCUT2D eigenvalue weighted by molar-refractivity contribution is 6.36. The second-order valence-corrected chi connectivity index (χ2v) is 8.57. The number of carbonyl (C=O) groups is 1. The number of anilines is 1. The summed E-state index contributed by atoms with van der Waals surface area (Å²) >= 11 is 18.8. The number of amides is 1. The lowest BCUT2D eigenvalue weighted by molar-refractivity contribution is 0.101. The molecule has 2 aromatic heterocycles. The van der Waals surface area contributed by atoms with Crippen molar-refractivity contribution in [2.75, 3.05) is 5.32 Å². The monoisotopic (exact) mass is 504 g/mol. The molecule has 0 saturated heterocycles. The minimum atomic E-state index is -0.516. The van der Waals surface area contributed by atoms with Crippen molar-refractivity contribution < 1.29 is 14.1 Å². The molecule has 2 aromatic carbocycles. The van der Waals surface area contributed by atoms with Crippen molar-refractivity contribution in [1.29, 1.82) is 0 Å². The smallest absolute Gasteiger partial charge is 0.279 e. The average molecular weight is 506 g/mol. The highest BCUT2D eigenvalue weighted by Crippen LogP contribution is 2.27. The van der Waals surface area contributed by atoms with E-state index in [1.165, 1.54) is 0 Å². The van der Waals surface area contributed by atoms with Crippen LogP contribution in [-0.4, -0.2) is 20.8 Å². The molecule has 0 saturated carbocycles. The van der Waals surface area contributed by atoms with Gasteiger partial charge in [0.05, 0.1) is 12.1 Å². The van der Waals surface area contributed by atoms with E-state index < -0.39 is 5.91 Å². The van der Waals surface area contributed by atoms with E-state index in [0.717, 1.165) is 5.56 Å². The maximum Gasteiger partial charge on any atom is 0.279 e. The van der Waals surface area contributed by atoms with Crippen LogP contribution in [0.5, 0.6) is 5.75 Å². The second kappa shape index (κ2) is 9.87. The molecule has 4 aromatic rings. The van der Waals surface area contributed by atoms with Gasteiger partial charge in [0.2, 0.25) is 0 Å². The molecule has 4 rings (SSSR count). The summed E-state index contributed by atoms with van der Waals surface area (Å²) in [7, 11) is 0. The highest BCUT2D eigenvalue weighted by Gasteiger charge is 2.22. The Kier molecular flexibility index (Phi) is 6.93. The van der Waals surface area contributed by atoms with Gasteiger partial charge in [-0.25, -0.2) is 0 Å². The van der Waals surface area contributed by atoms with Gasteiger partial charge in [0.25, 0.3) is 5.91 Å². The Morgan fingerprint density at radius 3 is 2.52 bits per heavy atom. The summed E-state index contributed by atoms with van der Waals surface area (Å²) in [6, 6.07) is 12.9. The predicted octanol–water partition coefficient (Wildman–Crippen LogP) is 6.33. The first-order chi connectivity index (χ1) is 15.8. The number of aryl methyl sites for hydroxylation is 2. The van der Waals surface area contributed by atoms with Crippen LogP contribution in [-0.2, 0) is 13.2 Å². The van der Waals surface area contributed by atoms with Crippen molar-refractivity contribution in [2.24, 2.45) is 0 Å². The molecule has 10 heteroatoms. The second-order valence-electron chi connectivity index (χ2n) is 7.35. The van der Waals surface area contributed by atoms with Gasteiger partial charge in [-0.15, -0.1) is 0 Å². The summed E-state index contributed by atoms with van der Waals surface area (Å²) in [5.41, 5.74) is 2.39. The largest absolute Gasteiger partial charge is 0.489 e. The topological polar surface area (TPSA) is 82.2 Å². The van der Waals surface area contributed by atoms with Gasteiger partial charge in [-0.05, 0) is 43.7 Å². The Hall–Kier alpha value is -3.00. The highest BCUT2D eigenvalue weighted by atomic mass is 35.5. The van der Waals surface area contributed by atoms with E-state index >= 15 is 0 Å². The van der Waals surface area contributed by atoms with E-state index in [0.29, 0.717) is 32.7 Å². The van der Waals surface area contributed by atoms with Crippen LogP contribution < -0.4 is 10.1 Å². The molecule has 0 radical (unpaired) electrons. The third-order valence-electron chi connectivity index (χ3n) is 4.90. The van der Waals surface area contributed by atoms with Gasteiger partial charge in [0, 0.05) is 21.8 Å². The van der Waals surface area contributed by atoms with Gasteiger partial charge in [0.15, 0.2) is 11.5 Å². The van der Waals surface area contributed by atoms with Gasteiger partial charge in [-0.3, -0.25) is 9.48 Å². The zero-order valence-electron chi connectivity index (χ0n) is 17.7. The predicted molar refractivity (Wildman–Crippen MR) is 128 cm³/mol. The van der Waals surface area contributed by atoms with Crippen molar-refractivity contribution in [3.8, 4) is 5.75 Å². The lowest BCUT2D eigenvalue weighted by Crippen LogP contribution is -2.16. The maximum atomic E-state index is 12.9. The molecule has 0 spiro atoms. The van der Waals surface area contributed by atoms with Crippen LogP contribution in [0.25, 0.3) is 0 Å². The van der Waals surface area contributed by atoms with Crippen LogP contribution in [0, 0.1) is 13.8 Å². The van der Waals surface area contributed by atoms with Crippen LogP contribution >= 0.6 is 34.8 Å². The number of ether oxygens (including phenoxy) is 1. The molecule has 1 amide bonds. The number of halogens is 3. The molecule has 170 valence electrons. The van der Waals surface area contributed by atoms with Crippen molar-refractivity contribution in [3.05, 3.63) is 91.9 Å². The molecular weight excluding hydrogens is 487 g/mol. The molecule has 0 aliphatic carbocycles. The Bertz CT molecular complexity index is 1300. The van der Waals surface area contributed by atoms with E-state index in [4.69, 9.17) is 44.1 Å². The fraction of sp³-hybridized carbons (Fsp3) is 0.174. The molecule has 0 unspecified atom stereocenters. The Morgan fingerprint density at radius 1 is 1.06 bits per heavy atom. The molecule has 0 aliphatic heterocycles. The fourth-order valence-corrected chi connectivity index (χ4v) is 3.89. The van der Waals surface area contributed by atoms with E-state index in [-0.39, 0.29) is 29.7 Å². The molecular formula is C23H19Cl3N4O3. The standard InChI is InChI=1S/C23H19Cl3N4O3/c1-13-5-3-6-15(9-13)32-12-17-14(2)33-29-21(17)23(31)27-22-20(26)11-30(28-22)10-16-18(24)7-4-8-19(16)25/h3-9,11H,10,12H2,1-2H3,(H,27,28,31). The quantitative estimate of drug-likeness (QED) is 0.317. The first-order valence-corrected chi connectivity index (χ1v) is 11.1. The summed E-state index contributed by atoms with van der Waals surface area (Å²) in [5, 5.41) is 12.2.